The van der Waals surface area contributed by atoms with E-state index in [1.54, 1.807) is 0 Å². The van der Waals surface area contributed by atoms with E-state index in [2.05, 4.69) is 9.18 Å². The van der Waals surface area contributed by atoms with Crippen LogP contribution in [0.4, 0.5) is 0 Å². The van der Waals surface area contributed by atoms with Crippen molar-refractivity contribution in [2.24, 2.45) is 16.5 Å². The second-order valence-corrected chi connectivity index (χ2v) is 2.73. The minimum atomic E-state index is -4.49. The molecule has 0 saturated heterocycles. The lowest BCUT2D eigenvalue weighted by Gasteiger charge is -2.03. The van der Waals surface area contributed by atoms with Crippen LogP contribution in [0.3, 0.4) is 0 Å². The fourth-order valence-electron chi connectivity index (χ4n) is 0.407. The molecule has 0 aliphatic carbocycles. The van der Waals surface area contributed by atoms with Crippen LogP contribution in [-0.2, 0) is 14.6 Å². The third-order valence-electron chi connectivity index (χ3n) is 0.592. The number of hydrogen-bond acceptors (Lipinski definition) is 4. The fraction of sp³-hybridized carbons (Fsp3) is 0.667. The molecule has 7 nitrogen and oxygen atoms in total. The van der Waals surface area contributed by atoms with E-state index in [-0.39, 0.29) is 5.96 Å². The average molecular weight is 183 g/mol. The lowest BCUT2D eigenvalue weighted by Crippen LogP contribution is -2.26. The molecule has 1 unspecified atom stereocenters. The van der Waals surface area contributed by atoms with Gasteiger partial charge in [-0.15, -0.1) is 0 Å². The summed E-state index contributed by atoms with van der Waals surface area (Å²) in [5.41, 5.74) is 9.77. The highest BCUT2D eigenvalue weighted by molar-refractivity contribution is 7.80. The zero-order chi connectivity index (χ0) is 9.07. The van der Waals surface area contributed by atoms with Crippen molar-refractivity contribution in [3.63, 3.8) is 0 Å². The van der Waals surface area contributed by atoms with Crippen LogP contribution in [0.5, 0.6) is 0 Å². The Morgan fingerprint density at radius 2 is 2.09 bits per heavy atom. The molecule has 0 aromatic heterocycles. The molecule has 0 radical (unpaired) electrons. The smallest absolute Gasteiger partial charge is 0.370 e. The van der Waals surface area contributed by atoms with E-state index in [1.807, 2.05) is 0 Å². The minimum absolute atomic E-state index is 0.318. The van der Waals surface area contributed by atoms with Crippen molar-refractivity contribution in [2.75, 3.05) is 0 Å². The largest absolute Gasteiger partial charge is 0.399 e. The van der Waals surface area contributed by atoms with Gasteiger partial charge in [-0.25, -0.2) is 9.18 Å². The predicted octanol–water partition coefficient (Wildman–Crippen LogP) is -1.57. The van der Waals surface area contributed by atoms with Crippen LogP contribution < -0.4 is 11.5 Å². The summed E-state index contributed by atoms with van der Waals surface area (Å²) in [6.45, 7) is 1.26. The normalized spacial score (nSPS) is 14.0. The molecule has 1 atom stereocenters. The molecular weight excluding hydrogens is 174 g/mol. The molecule has 66 valence electrons. The van der Waals surface area contributed by atoms with Crippen LogP contribution in [0, 0.1) is 0 Å². The zero-order valence-electron chi connectivity index (χ0n) is 5.76. The van der Waals surface area contributed by atoms with E-state index in [0.29, 0.717) is 0 Å². The molecule has 0 rings (SSSR count). The summed E-state index contributed by atoms with van der Waals surface area (Å²) < 4.78 is 32.0. The van der Waals surface area contributed by atoms with Gasteiger partial charge in [-0.3, -0.25) is 4.55 Å². The molecule has 0 aliphatic rings. The highest BCUT2D eigenvalue weighted by Gasteiger charge is 2.10. The summed E-state index contributed by atoms with van der Waals surface area (Å²) in [6.07, 6.45) is -1.12. The van der Waals surface area contributed by atoms with Gasteiger partial charge in [0.15, 0.2) is 12.2 Å². The molecule has 0 fully saturated rings. The van der Waals surface area contributed by atoms with Gasteiger partial charge < -0.3 is 11.5 Å². The molecule has 11 heavy (non-hydrogen) atoms. The highest BCUT2D eigenvalue weighted by Crippen LogP contribution is 1.96. The monoisotopic (exact) mass is 183 g/mol. The Balaban J connectivity index is 4.11. The van der Waals surface area contributed by atoms with Crippen LogP contribution >= 0.6 is 0 Å². The molecule has 0 aromatic rings. The Labute approximate surface area is 64.0 Å². The summed E-state index contributed by atoms with van der Waals surface area (Å²) in [5, 5.41) is 0. The van der Waals surface area contributed by atoms with E-state index in [4.69, 9.17) is 16.0 Å². The quantitative estimate of drug-likeness (QED) is 0.275. The van der Waals surface area contributed by atoms with Gasteiger partial charge in [-0.2, -0.15) is 8.42 Å². The van der Waals surface area contributed by atoms with Crippen LogP contribution in [-0.4, -0.2) is 25.2 Å². The Morgan fingerprint density at radius 1 is 1.64 bits per heavy atom. The average Bonchev–Trinajstić information content (AvgIpc) is 1.53. The third kappa shape index (κ3) is 7.03. The van der Waals surface area contributed by atoms with Crippen LogP contribution in [0.2, 0.25) is 0 Å². The molecule has 0 spiro atoms. The van der Waals surface area contributed by atoms with Gasteiger partial charge in [0.1, 0.15) is 0 Å². The maximum absolute atomic E-state index is 10.0. The number of hydrogen-bond donors (Lipinski definition) is 3. The fourth-order valence-corrected chi connectivity index (χ4v) is 0.802. The summed E-state index contributed by atoms with van der Waals surface area (Å²) in [7, 11) is -4.49. The topological polar surface area (TPSA) is 128 Å². The second-order valence-electron chi connectivity index (χ2n) is 1.68. The summed E-state index contributed by atoms with van der Waals surface area (Å²) in [4.78, 5) is 3.27. The number of nitrogens with zero attached hydrogens (tertiary/aromatic N) is 1. The van der Waals surface area contributed by atoms with E-state index < -0.39 is 16.6 Å². The van der Waals surface area contributed by atoms with Crippen molar-refractivity contribution in [3.8, 4) is 0 Å². The molecule has 0 aliphatic heterocycles. The molecule has 0 aromatic carbocycles. The molecule has 0 amide bonds. The maximum atomic E-state index is 10.0. The Morgan fingerprint density at radius 3 is 2.36 bits per heavy atom. The Kier molecular flexibility index (Phi) is 3.23. The molecule has 0 saturated carbocycles. The van der Waals surface area contributed by atoms with E-state index in [0.717, 1.165) is 0 Å². The second kappa shape index (κ2) is 3.51. The molecule has 5 N–H and O–H groups in total. The number of guanidine groups is 1. The number of rotatable bonds is 3. The SMILES string of the molecule is CC(N=C(N)N)OS(=O)(=O)O. The standard InChI is InChI=1S/C3H9N3O4S/c1-2(6-3(4)5)10-11(7,8)9/h2H,1H3,(H4,4,5,6)(H,7,8,9). The first-order valence-electron chi connectivity index (χ1n) is 2.55. The third-order valence-corrected chi connectivity index (χ3v) is 1.11. The lowest BCUT2D eigenvalue weighted by molar-refractivity contribution is 0.205. The van der Waals surface area contributed by atoms with Crippen LogP contribution in [0.1, 0.15) is 6.92 Å². The predicted molar refractivity (Wildman–Crippen MR) is 37.9 cm³/mol. The minimum Gasteiger partial charge on any atom is -0.370 e. The highest BCUT2D eigenvalue weighted by atomic mass is 32.3. The summed E-state index contributed by atoms with van der Waals surface area (Å²) >= 11 is 0. The van der Waals surface area contributed by atoms with Gasteiger partial charge >= 0.3 is 10.4 Å². The Hall–Kier alpha value is -0.860. The van der Waals surface area contributed by atoms with Crippen LogP contribution in [0.15, 0.2) is 4.99 Å². The number of aliphatic imine (C=N–C) groups is 1. The van der Waals surface area contributed by atoms with Gasteiger partial charge in [0.2, 0.25) is 0 Å². The van der Waals surface area contributed by atoms with Gasteiger partial charge in [-0.05, 0) is 6.92 Å². The van der Waals surface area contributed by atoms with Gasteiger partial charge in [-0.1, -0.05) is 0 Å². The number of nitrogens with two attached hydrogens (primary N) is 2. The molecule has 0 bridgehead atoms. The van der Waals surface area contributed by atoms with Crippen molar-refractivity contribution >= 4 is 16.4 Å². The Bertz CT molecular complexity index is 241. The first-order valence-corrected chi connectivity index (χ1v) is 3.92. The maximum Gasteiger partial charge on any atom is 0.399 e. The van der Waals surface area contributed by atoms with Crippen molar-refractivity contribution in [1.29, 1.82) is 0 Å². The first-order chi connectivity index (χ1) is 4.81. The molecule has 8 heteroatoms. The van der Waals surface area contributed by atoms with Crippen molar-refractivity contribution in [3.05, 3.63) is 0 Å². The van der Waals surface area contributed by atoms with E-state index in [1.165, 1.54) is 6.92 Å². The molecule has 0 heterocycles. The first kappa shape index (κ1) is 10.1. The summed E-state index contributed by atoms with van der Waals surface area (Å²) in [5.74, 6) is -0.318. The van der Waals surface area contributed by atoms with Gasteiger partial charge in [0, 0.05) is 0 Å². The van der Waals surface area contributed by atoms with Gasteiger partial charge in [0.05, 0.1) is 0 Å². The van der Waals surface area contributed by atoms with Crippen LogP contribution in [0.25, 0.3) is 0 Å². The van der Waals surface area contributed by atoms with Crippen molar-refractivity contribution < 1.29 is 17.2 Å². The molecular formula is C3H9N3O4S. The zero-order valence-corrected chi connectivity index (χ0v) is 6.58. The van der Waals surface area contributed by atoms with E-state index in [9.17, 15) is 8.42 Å². The van der Waals surface area contributed by atoms with Crippen molar-refractivity contribution in [2.45, 2.75) is 13.2 Å². The lowest BCUT2D eigenvalue weighted by atomic mass is 10.7. The van der Waals surface area contributed by atoms with E-state index >= 15 is 0 Å². The van der Waals surface area contributed by atoms with Crippen molar-refractivity contribution in [1.82, 2.24) is 0 Å². The summed E-state index contributed by atoms with van der Waals surface area (Å²) in [6, 6.07) is 0. The van der Waals surface area contributed by atoms with Gasteiger partial charge in [0.25, 0.3) is 0 Å².